The second-order valence-corrected chi connectivity index (χ2v) is 10.6. The summed E-state index contributed by atoms with van der Waals surface area (Å²) in [7, 11) is 1.56. The quantitative estimate of drug-likeness (QED) is 0.102. The van der Waals surface area contributed by atoms with Crippen LogP contribution in [0.3, 0.4) is 0 Å². The maximum absolute atomic E-state index is 12.8. The number of methoxy groups -OCH3 is 1. The van der Waals surface area contributed by atoms with E-state index in [4.69, 9.17) is 9.47 Å². The number of carbonyl (C=O) groups is 1. The molecule has 1 aromatic heterocycles. The fraction of sp³-hybridized carbons (Fsp3) is 0.0882. The molecule has 1 amide bonds. The lowest BCUT2D eigenvalue weighted by Gasteiger charge is -2.14. The normalized spacial score (nSPS) is 10.8. The van der Waals surface area contributed by atoms with Crippen molar-refractivity contribution in [3.63, 3.8) is 0 Å². The summed E-state index contributed by atoms with van der Waals surface area (Å²) in [4.78, 5) is 12.8. The number of nitriles is 1. The van der Waals surface area contributed by atoms with E-state index in [0.717, 1.165) is 37.3 Å². The number of amides is 1. The summed E-state index contributed by atoms with van der Waals surface area (Å²) in [6.45, 7) is 2.29. The van der Waals surface area contributed by atoms with Gasteiger partial charge in [0.25, 0.3) is 5.91 Å². The number of halogens is 1. The predicted octanol–water partition coefficient (Wildman–Crippen LogP) is 7.28. The molecule has 5 aromatic rings. The Bertz CT molecular complexity index is 1790. The first-order valence-corrected chi connectivity index (χ1v) is 14.2. The van der Waals surface area contributed by atoms with E-state index in [1.807, 2.05) is 54.6 Å². The molecule has 0 aliphatic heterocycles. The van der Waals surface area contributed by atoms with Gasteiger partial charge in [-0.15, -0.1) is 0 Å². The number of carbonyl (C=O) groups excluding carboxylic acids is 1. The van der Waals surface area contributed by atoms with Gasteiger partial charge in [-0.25, -0.2) is 5.43 Å². The molecule has 5 rings (SSSR count). The minimum Gasteiger partial charge on any atom is -0.493 e. The fourth-order valence-electron chi connectivity index (χ4n) is 4.57. The lowest BCUT2D eigenvalue weighted by atomic mass is 10.1. The van der Waals surface area contributed by atoms with Crippen molar-refractivity contribution in [2.24, 2.45) is 5.10 Å². The van der Waals surface area contributed by atoms with E-state index in [0.29, 0.717) is 22.6 Å². The lowest BCUT2D eigenvalue weighted by Crippen LogP contribution is -2.17. The third-order valence-electron chi connectivity index (χ3n) is 6.67. The molecular weight excluding hydrogens is 639 g/mol. The molecule has 0 fully saturated rings. The molecule has 42 heavy (non-hydrogen) atoms. The van der Waals surface area contributed by atoms with Gasteiger partial charge in [0.2, 0.25) is 0 Å². The highest BCUT2D eigenvalue weighted by atomic mass is 127. The first-order chi connectivity index (χ1) is 20.5. The number of ether oxygens (including phenoxy) is 2. The van der Waals surface area contributed by atoms with E-state index >= 15 is 0 Å². The number of aromatic nitrogens is 1. The molecule has 0 bridgehead atoms. The van der Waals surface area contributed by atoms with E-state index in [1.165, 1.54) is 0 Å². The first kappa shape index (κ1) is 28.6. The average Bonchev–Trinajstić information content (AvgIpc) is 3.42. The van der Waals surface area contributed by atoms with Gasteiger partial charge in [0.1, 0.15) is 6.61 Å². The smallest absolute Gasteiger partial charge is 0.271 e. The zero-order chi connectivity index (χ0) is 29.5. The lowest BCUT2D eigenvalue weighted by molar-refractivity contribution is 0.0955. The summed E-state index contributed by atoms with van der Waals surface area (Å²) in [6, 6.07) is 35.0. The third-order valence-corrected chi connectivity index (χ3v) is 7.48. The summed E-state index contributed by atoms with van der Waals surface area (Å²) in [5, 5.41) is 13.5. The standard InChI is InChI=1S/C34H27IN4O3/c1-23-12-17-31(25-8-4-3-5-9-25)39(23)29-15-13-26(14-16-29)34(40)38-37-21-24-18-30(35)33(32(19-24)41-2)42-22-28-11-7-6-10-27(28)20-36/h3-19,21H,22H2,1-2H3,(H,38,40)/b37-21+. The molecule has 0 radical (unpaired) electrons. The summed E-state index contributed by atoms with van der Waals surface area (Å²) in [6.07, 6.45) is 1.56. The minimum atomic E-state index is -0.317. The second-order valence-electron chi connectivity index (χ2n) is 9.40. The molecule has 0 saturated carbocycles. The Kier molecular flexibility index (Phi) is 8.99. The van der Waals surface area contributed by atoms with Gasteiger partial charge in [0.05, 0.1) is 34.2 Å². The van der Waals surface area contributed by atoms with Crippen LogP contribution in [0.5, 0.6) is 11.5 Å². The number of hydrogen-bond acceptors (Lipinski definition) is 5. The number of hydrogen-bond donors (Lipinski definition) is 1. The number of aryl methyl sites for hydroxylation is 1. The number of benzene rings is 4. The van der Waals surface area contributed by atoms with Crippen molar-refractivity contribution >= 4 is 34.7 Å². The van der Waals surface area contributed by atoms with Crippen molar-refractivity contribution in [2.75, 3.05) is 7.11 Å². The summed E-state index contributed by atoms with van der Waals surface area (Å²) < 4.78 is 14.5. The summed E-state index contributed by atoms with van der Waals surface area (Å²) in [5.41, 5.74) is 9.46. The molecule has 208 valence electrons. The molecule has 4 aromatic carbocycles. The van der Waals surface area contributed by atoms with Crippen molar-refractivity contribution in [1.82, 2.24) is 9.99 Å². The van der Waals surface area contributed by atoms with Crippen LogP contribution in [0.2, 0.25) is 0 Å². The first-order valence-electron chi connectivity index (χ1n) is 13.1. The highest BCUT2D eigenvalue weighted by molar-refractivity contribution is 14.1. The van der Waals surface area contributed by atoms with Crippen LogP contribution in [0.1, 0.15) is 32.7 Å². The number of nitrogens with zero attached hydrogens (tertiary/aromatic N) is 3. The van der Waals surface area contributed by atoms with E-state index in [2.05, 4.69) is 74.9 Å². The molecule has 1 N–H and O–H groups in total. The van der Waals surface area contributed by atoms with Gasteiger partial charge >= 0.3 is 0 Å². The monoisotopic (exact) mass is 666 g/mol. The van der Waals surface area contributed by atoms with Crippen molar-refractivity contribution in [3.8, 4) is 34.5 Å². The molecule has 0 unspecified atom stereocenters. The second kappa shape index (κ2) is 13.2. The predicted molar refractivity (Wildman–Crippen MR) is 172 cm³/mol. The zero-order valence-corrected chi connectivity index (χ0v) is 25.2. The molecule has 7 nitrogen and oxygen atoms in total. The van der Waals surface area contributed by atoms with Gasteiger partial charge < -0.3 is 14.0 Å². The molecular formula is C34H27IN4O3. The van der Waals surface area contributed by atoms with Crippen LogP contribution in [-0.4, -0.2) is 23.8 Å². The number of hydrazone groups is 1. The topological polar surface area (TPSA) is 88.6 Å². The Hall–Kier alpha value is -4.88. The van der Waals surface area contributed by atoms with Gasteiger partial charge in [0, 0.05) is 22.5 Å². The highest BCUT2D eigenvalue weighted by Gasteiger charge is 2.14. The molecule has 0 aliphatic carbocycles. The van der Waals surface area contributed by atoms with Gasteiger partial charge in [-0.3, -0.25) is 4.79 Å². The molecule has 0 spiro atoms. The minimum absolute atomic E-state index is 0.232. The Morgan fingerprint density at radius 3 is 2.48 bits per heavy atom. The van der Waals surface area contributed by atoms with Crippen LogP contribution in [0.4, 0.5) is 0 Å². The molecule has 1 heterocycles. The van der Waals surface area contributed by atoms with Crippen LogP contribution >= 0.6 is 22.6 Å². The number of rotatable bonds is 9. The Labute approximate surface area is 258 Å². The van der Waals surface area contributed by atoms with Crippen LogP contribution in [0.25, 0.3) is 16.9 Å². The summed E-state index contributed by atoms with van der Waals surface area (Å²) in [5.74, 6) is 0.776. The van der Waals surface area contributed by atoms with Crippen molar-refractivity contribution in [2.45, 2.75) is 13.5 Å². The average molecular weight is 667 g/mol. The SMILES string of the molecule is COc1cc(/C=N/NC(=O)c2ccc(-n3c(C)ccc3-c3ccccc3)cc2)cc(I)c1OCc1ccccc1C#N. The van der Waals surface area contributed by atoms with E-state index in [-0.39, 0.29) is 12.5 Å². The van der Waals surface area contributed by atoms with Gasteiger partial charge in [-0.2, -0.15) is 10.4 Å². The van der Waals surface area contributed by atoms with Crippen molar-refractivity contribution in [1.29, 1.82) is 5.26 Å². The van der Waals surface area contributed by atoms with Crippen molar-refractivity contribution < 1.29 is 14.3 Å². The van der Waals surface area contributed by atoms with E-state index < -0.39 is 0 Å². The van der Waals surface area contributed by atoms with Gasteiger partial charge in [0.15, 0.2) is 11.5 Å². The third kappa shape index (κ3) is 6.37. The van der Waals surface area contributed by atoms with E-state index in [1.54, 1.807) is 37.6 Å². The highest BCUT2D eigenvalue weighted by Crippen LogP contribution is 2.34. The Balaban J connectivity index is 1.26. The molecule has 0 aliphatic rings. The maximum atomic E-state index is 12.8. The van der Waals surface area contributed by atoms with Crippen LogP contribution < -0.4 is 14.9 Å². The van der Waals surface area contributed by atoms with E-state index in [9.17, 15) is 10.1 Å². The maximum Gasteiger partial charge on any atom is 0.271 e. The van der Waals surface area contributed by atoms with Crippen LogP contribution in [0, 0.1) is 21.8 Å². The van der Waals surface area contributed by atoms with Gasteiger partial charge in [-0.1, -0.05) is 48.5 Å². The fourth-order valence-corrected chi connectivity index (χ4v) is 5.35. The molecule has 0 saturated heterocycles. The largest absolute Gasteiger partial charge is 0.493 e. The van der Waals surface area contributed by atoms with Crippen molar-refractivity contribution in [3.05, 3.63) is 135 Å². The van der Waals surface area contributed by atoms with Crippen LogP contribution in [0.15, 0.2) is 108 Å². The molecule has 0 atom stereocenters. The zero-order valence-electron chi connectivity index (χ0n) is 23.0. The summed E-state index contributed by atoms with van der Waals surface area (Å²) >= 11 is 2.16. The van der Waals surface area contributed by atoms with Gasteiger partial charge in [-0.05, 0) is 95.2 Å². The molecule has 8 heteroatoms. The Morgan fingerprint density at radius 1 is 1.00 bits per heavy atom. The number of nitrogens with one attached hydrogen (secondary N) is 1. The van der Waals surface area contributed by atoms with Crippen LogP contribution in [-0.2, 0) is 6.61 Å². The Morgan fingerprint density at radius 2 is 1.74 bits per heavy atom.